The van der Waals surface area contributed by atoms with Gasteiger partial charge in [0.05, 0.1) is 22.5 Å². The second-order valence-corrected chi connectivity index (χ2v) is 6.47. The highest BCUT2D eigenvalue weighted by Gasteiger charge is 2.23. The third kappa shape index (κ3) is 3.80. The number of nitro benzene ring substituents is 1. The molecule has 0 amide bonds. The number of benzene rings is 2. The van der Waals surface area contributed by atoms with Crippen LogP contribution in [0.4, 0.5) is 11.4 Å². The summed E-state index contributed by atoms with van der Waals surface area (Å²) in [7, 11) is 0. The summed E-state index contributed by atoms with van der Waals surface area (Å²) in [4.78, 5) is 16.9. The average Bonchev–Trinajstić information content (AvgIpc) is 3.18. The number of aromatic nitrogens is 3. The number of piperazine rings is 1. The predicted molar refractivity (Wildman–Crippen MR) is 102 cm³/mol. The SMILES string of the molecule is O=[N+]([O-])c1ccccc1N1CCN(Cc2cnn(-c3ccccc3)n2)CC1. The highest BCUT2D eigenvalue weighted by Crippen LogP contribution is 2.28. The van der Waals surface area contributed by atoms with Crippen molar-refractivity contribution in [3.63, 3.8) is 0 Å². The first-order valence-electron chi connectivity index (χ1n) is 8.88. The number of hydrogen-bond acceptors (Lipinski definition) is 6. The minimum atomic E-state index is -0.316. The van der Waals surface area contributed by atoms with Gasteiger partial charge in [0, 0.05) is 38.8 Å². The Morgan fingerprint density at radius 1 is 0.963 bits per heavy atom. The van der Waals surface area contributed by atoms with Crippen LogP contribution in [0.25, 0.3) is 5.69 Å². The normalized spacial score (nSPS) is 15.0. The molecule has 0 saturated carbocycles. The highest BCUT2D eigenvalue weighted by molar-refractivity contribution is 5.63. The van der Waals surface area contributed by atoms with Crippen molar-refractivity contribution in [2.45, 2.75) is 6.54 Å². The van der Waals surface area contributed by atoms with Gasteiger partial charge in [-0.15, -0.1) is 0 Å². The molecule has 8 heteroatoms. The van der Waals surface area contributed by atoms with E-state index in [1.165, 1.54) is 0 Å². The van der Waals surface area contributed by atoms with E-state index in [9.17, 15) is 10.1 Å². The van der Waals surface area contributed by atoms with Gasteiger partial charge < -0.3 is 4.90 Å². The maximum atomic E-state index is 11.2. The van der Waals surface area contributed by atoms with Crippen molar-refractivity contribution < 1.29 is 4.92 Å². The van der Waals surface area contributed by atoms with E-state index in [4.69, 9.17) is 0 Å². The number of hydrogen-bond donors (Lipinski definition) is 0. The first-order chi connectivity index (χ1) is 13.2. The van der Waals surface area contributed by atoms with Crippen LogP contribution in [0.1, 0.15) is 5.69 Å². The molecule has 0 atom stereocenters. The number of nitro groups is 1. The maximum absolute atomic E-state index is 11.2. The summed E-state index contributed by atoms with van der Waals surface area (Å²) in [5, 5.41) is 20.1. The Balaban J connectivity index is 1.38. The van der Waals surface area contributed by atoms with E-state index in [2.05, 4.69) is 20.0 Å². The monoisotopic (exact) mass is 364 g/mol. The molecule has 0 bridgehead atoms. The Kier molecular flexibility index (Phi) is 4.80. The van der Waals surface area contributed by atoms with Crippen LogP contribution in [0.15, 0.2) is 60.8 Å². The molecule has 8 nitrogen and oxygen atoms in total. The van der Waals surface area contributed by atoms with Crippen molar-refractivity contribution >= 4 is 11.4 Å². The molecule has 2 aromatic carbocycles. The zero-order valence-electron chi connectivity index (χ0n) is 14.8. The van der Waals surface area contributed by atoms with Crippen molar-refractivity contribution in [1.29, 1.82) is 0 Å². The topological polar surface area (TPSA) is 80.3 Å². The molecule has 1 aliphatic rings. The predicted octanol–water partition coefficient (Wildman–Crippen LogP) is 2.50. The molecule has 0 spiro atoms. The van der Waals surface area contributed by atoms with Crippen LogP contribution in [0.5, 0.6) is 0 Å². The van der Waals surface area contributed by atoms with Crippen LogP contribution in [0, 0.1) is 10.1 Å². The summed E-state index contributed by atoms with van der Waals surface area (Å²) in [6.45, 7) is 3.86. The molecule has 0 N–H and O–H groups in total. The fraction of sp³-hybridized carbons (Fsp3) is 0.263. The first-order valence-corrected chi connectivity index (χ1v) is 8.88. The van der Waals surface area contributed by atoms with Crippen LogP contribution >= 0.6 is 0 Å². The fourth-order valence-electron chi connectivity index (χ4n) is 3.31. The van der Waals surface area contributed by atoms with E-state index in [-0.39, 0.29) is 10.6 Å². The molecule has 2 heterocycles. The Hall–Kier alpha value is -3.26. The van der Waals surface area contributed by atoms with Crippen LogP contribution < -0.4 is 4.90 Å². The van der Waals surface area contributed by atoms with E-state index < -0.39 is 0 Å². The molecule has 1 aliphatic heterocycles. The second-order valence-electron chi connectivity index (χ2n) is 6.47. The second kappa shape index (κ2) is 7.55. The highest BCUT2D eigenvalue weighted by atomic mass is 16.6. The minimum Gasteiger partial charge on any atom is -0.363 e. The zero-order chi connectivity index (χ0) is 18.6. The molecule has 0 radical (unpaired) electrons. The Morgan fingerprint density at radius 2 is 1.67 bits per heavy atom. The Morgan fingerprint density at radius 3 is 2.41 bits per heavy atom. The van der Waals surface area contributed by atoms with Crippen LogP contribution in [-0.2, 0) is 6.54 Å². The molecular formula is C19H20N6O2. The molecule has 0 unspecified atom stereocenters. The third-order valence-corrected chi connectivity index (χ3v) is 4.70. The summed E-state index contributed by atoms with van der Waals surface area (Å²) in [6, 6.07) is 16.7. The molecule has 3 aromatic rings. The van der Waals surface area contributed by atoms with Crippen molar-refractivity contribution in [1.82, 2.24) is 19.9 Å². The van der Waals surface area contributed by atoms with Crippen molar-refractivity contribution in [2.75, 3.05) is 31.1 Å². The van der Waals surface area contributed by atoms with E-state index in [0.29, 0.717) is 5.69 Å². The summed E-state index contributed by atoms with van der Waals surface area (Å²) in [6.07, 6.45) is 1.79. The van der Waals surface area contributed by atoms with E-state index in [1.54, 1.807) is 23.1 Å². The maximum Gasteiger partial charge on any atom is 0.292 e. The molecular weight excluding hydrogens is 344 g/mol. The lowest BCUT2D eigenvalue weighted by Crippen LogP contribution is -2.46. The summed E-state index contributed by atoms with van der Waals surface area (Å²) < 4.78 is 0. The molecule has 1 fully saturated rings. The van der Waals surface area contributed by atoms with E-state index in [1.807, 2.05) is 42.5 Å². The molecule has 27 heavy (non-hydrogen) atoms. The number of nitrogens with zero attached hydrogens (tertiary/aromatic N) is 6. The van der Waals surface area contributed by atoms with Gasteiger partial charge in [0.25, 0.3) is 5.69 Å². The van der Waals surface area contributed by atoms with E-state index >= 15 is 0 Å². The molecule has 1 saturated heterocycles. The van der Waals surface area contributed by atoms with Gasteiger partial charge in [-0.3, -0.25) is 15.0 Å². The minimum absolute atomic E-state index is 0.164. The van der Waals surface area contributed by atoms with Gasteiger partial charge in [0.2, 0.25) is 0 Å². The standard InChI is InChI=1S/C19H20N6O2/c26-25(27)19-9-5-4-8-18(19)23-12-10-22(11-13-23)15-16-14-20-24(21-16)17-6-2-1-3-7-17/h1-9,14H,10-13,15H2. The molecule has 1 aromatic heterocycles. The number of anilines is 1. The lowest BCUT2D eigenvalue weighted by molar-refractivity contribution is -0.384. The van der Waals surface area contributed by atoms with Crippen LogP contribution in [-0.4, -0.2) is 51.0 Å². The third-order valence-electron chi connectivity index (χ3n) is 4.70. The van der Waals surface area contributed by atoms with Gasteiger partial charge in [-0.25, -0.2) is 0 Å². The van der Waals surface area contributed by atoms with Crippen molar-refractivity contribution in [3.8, 4) is 5.69 Å². The smallest absolute Gasteiger partial charge is 0.292 e. The van der Waals surface area contributed by atoms with Gasteiger partial charge in [0.1, 0.15) is 5.69 Å². The lowest BCUT2D eigenvalue weighted by Gasteiger charge is -2.35. The van der Waals surface area contributed by atoms with Gasteiger partial charge in [0.15, 0.2) is 0 Å². The quantitative estimate of drug-likeness (QED) is 0.511. The van der Waals surface area contributed by atoms with Gasteiger partial charge >= 0.3 is 0 Å². The van der Waals surface area contributed by atoms with Crippen molar-refractivity contribution in [3.05, 3.63) is 76.6 Å². The summed E-state index contributed by atoms with van der Waals surface area (Å²) in [5.74, 6) is 0. The van der Waals surface area contributed by atoms with Crippen molar-refractivity contribution in [2.24, 2.45) is 0 Å². The first kappa shape index (κ1) is 17.2. The van der Waals surface area contributed by atoms with Gasteiger partial charge in [-0.1, -0.05) is 30.3 Å². The number of para-hydroxylation sites is 3. The number of rotatable bonds is 5. The van der Waals surface area contributed by atoms with Crippen LogP contribution in [0.3, 0.4) is 0 Å². The molecule has 0 aliphatic carbocycles. The summed E-state index contributed by atoms with van der Waals surface area (Å²) >= 11 is 0. The molecule has 4 rings (SSSR count). The molecule has 138 valence electrons. The Labute approximate surface area is 156 Å². The van der Waals surface area contributed by atoms with E-state index in [0.717, 1.165) is 44.1 Å². The lowest BCUT2D eigenvalue weighted by atomic mass is 10.2. The zero-order valence-corrected chi connectivity index (χ0v) is 14.8. The Bertz CT molecular complexity index is 919. The fourth-order valence-corrected chi connectivity index (χ4v) is 3.31. The van der Waals surface area contributed by atoms with Gasteiger partial charge in [-0.2, -0.15) is 15.0 Å². The largest absolute Gasteiger partial charge is 0.363 e. The summed E-state index contributed by atoms with van der Waals surface area (Å²) in [5.41, 5.74) is 2.71. The van der Waals surface area contributed by atoms with Gasteiger partial charge in [-0.05, 0) is 18.2 Å². The average molecular weight is 364 g/mol. The van der Waals surface area contributed by atoms with Crippen LogP contribution in [0.2, 0.25) is 0 Å².